The van der Waals surface area contributed by atoms with Gasteiger partial charge in [-0.25, -0.2) is 0 Å². The van der Waals surface area contributed by atoms with Gasteiger partial charge in [-0.2, -0.15) is 12.1 Å². The van der Waals surface area contributed by atoms with E-state index in [0.717, 1.165) is 0 Å². The molecule has 6 aromatic carbocycles. The molecule has 0 spiro atoms. The van der Waals surface area contributed by atoms with E-state index in [9.17, 15) is 0 Å². The maximum atomic E-state index is 4.93. The molecule has 0 nitrogen and oxygen atoms in total. The molecule has 0 aliphatic carbocycles. The summed E-state index contributed by atoms with van der Waals surface area (Å²) in [6, 6.07) is 43.5. The Morgan fingerprint density at radius 3 is 1.38 bits per heavy atom. The molecule has 0 aromatic heterocycles. The zero-order chi connectivity index (χ0) is 42.7. The molecule has 0 unspecified atom stereocenters. The van der Waals surface area contributed by atoms with Crippen molar-refractivity contribution >= 4 is 48.1 Å². The van der Waals surface area contributed by atoms with Crippen molar-refractivity contribution in [2.45, 2.75) is 156 Å². The third-order valence-electron chi connectivity index (χ3n) is 10.9. The van der Waals surface area contributed by atoms with Crippen LogP contribution in [-0.2, 0) is 31.7 Å². The van der Waals surface area contributed by atoms with Crippen LogP contribution < -0.4 is 0 Å². The molecule has 6 rings (SSSR count). The van der Waals surface area contributed by atoms with Crippen molar-refractivity contribution in [3.63, 3.8) is 0 Å². The number of unbranched alkanes of at least 4 members (excludes halogenated alkanes) is 6. The summed E-state index contributed by atoms with van der Waals surface area (Å²) in [5, 5.41) is 5.41. The first-order valence-corrected chi connectivity index (χ1v) is 29.6. The van der Waals surface area contributed by atoms with Gasteiger partial charge in [-0.1, -0.05) is 211 Å². The van der Waals surface area contributed by atoms with Crippen LogP contribution in [0.15, 0.2) is 109 Å². The summed E-state index contributed by atoms with van der Waals surface area (Å²) in [4.78, 5) is 0. The third-order valence-corrected chi connectivity index (χ3v) is 12.3. The van der Waals surface area contributed by atoms with E-state index in [1.807, 2.05) is 0 Å². The fourth-order valence-electron chi connectivity index (χ4n) is 7.26. The summed E-state index contributed by atoms with van der Waals surface area (Å²) in [5.41, 5.74) is 11.2. The topological polar surface area (TPSA) is 0 Å². The molecule has 0 atom stereocenters. The number of halogens is 2. The first kappa shape index (κ1) is 50.1. The first-order valence-electron chi connectivity index (χ1n) is 21.9. The van der Waals surface area contributed by atoms with Crippen LogP contribution in [0.3, 0.4) is 0 Å². The van der Waals surface area contributed by atoms with E-state index in [2.05, 4.69) is 185 Å². The van der Waals surface area contributed by atoms with Crippen molar-refractivity contribution in [3.8, 4) is 22.3 Å². The minimum absolute atomic E-state index is 0.204. The van der Waals surface area contributed by atoms with Crippen LogP contribution in [0.5, 0.6) is 0 Å². The van der Waals surface area contributed by atoms with Crippen molar-refractivity contribution in [2.75, 3.05) is 0 Å². The van der Waals surface area contributed by atoms with Gasteiger partial charge in [-0.3, -0.25) is 0 Å². The number of benzene rings is 4. The number of fused-ring (bicyclic) bond motifs is 2. The molecular formula is C54H72Cl2SiZr. The van der Waals surface area contributed by atoms with E-state index in [1.165, 1.54) is 139 Å². The summed E-state index contributed by atoms with van der Waals surface area (Å²) in [5.74, 6) is 0.573. The maximum absolute atomic E-state index is 4.93. The van der Waals surface area contributed by atoms with Crippen LogP contribution in [0.1, 0.15) is 149 Å². The van der Waals surface area contributed by atoms with Gasteiger partial charge < -0.3 is 0 Å². The normalized spacial score (nSPS) is 11.3. The Hall–Kier alpha value is -2.22. The van der Waals surface area contributed by atoms with Gasteiger partial charge in [-0.05, 0) is 39.0 Å². The summed E-state index contributed by atoms with van der Waals surface area (Å²) in [7, 11) is 11.1. The summed E-state index contributed by atoms with van der Waals surface area (Å²) >= 11 is -0.826. The van der Waals surface area contributed by atoms with Gasteiger partial charge in [-0.15, -0.1) is 69.1 Å². The first-order chi connectivity index (χ1) is 27.6. The number of aryl methyl sites for hydroxylation is 1. The van der Waals surface area contributed by atoms with Crippen LogP contribution in [0.4, 0.5) is 0 Å². The van der Waals surface area contributed by atoms with Gasteiger partial charge >= 0.3 is 37.9 Å². The summed E-state index contributed by atoms with van der Waals surface area (Å²) < 4.78 is 0. The van der Waals surface area contributed by atoms with Gasteiger partial charge in [0.05, 0.1) is 0 Å². The average Bonchev–Trinajstić information content (AvgIpc) is 3.81. The molecule has 58 heavy (non-hydrogen) atoms. The summed E-state index contributed by atoms with van der Waals surface area (Å²) in [6.07, 6.45) is 11.6. The Morgan fingerprint density at radius 1 is 0.569 bits per heavy atom. The second-order valence-corrected chi connectivity index (χ2v) is 23.4. The van der Waals surface area contributed by atoms with Crippen LogP contribution in [0.2, 0.25) is 12.1 Å². The number of hydrogen-bond acceptors (Lipinski definition) is 0. The quantitative estimate of drug-likeness (QED) is 0.0615. The van der Waals surface area contributed by atoms with E-state index in [-0.39, 0.29) is 10.8 Å². The minimum atomic E-state index is -0.826. The monoisotopic (exact) mass is 908 g/mol. The van der Waals surface area contributed by atoms with Crippen molar-refractivity contribution in [2.24, 2.45) is 0 Å². The van der Waals surface area contributed by atoms with Gasteiger partial charge in [0.1, 0.15) is 0 Å². The van der Waals surface area contributed by atoms with E-state index >= 15 is 0 Å². The predicted molar refractivity (Wildman–Crippen MR) is 262 cm³/mol. The third kappa shape index (κ3) is 16.3. The van der Waals surface area contributed by atoms with E-state index in [4.69, 9.17) is 17.0 Å². The molecule has 0 aliphatic heterocycles. The molecule has 0 fully saturated rings. The van der Waals surface area contributed by atoms with Crippen LogP contribution in [-0.4, -0.2) is 9.52 Å². The zero-order valence-corrected chi connectivity index (χ0v) is 42.8. The van der Waals surface area contributed by atoms with E-state index < -0.39 is 20.8 Å². The molecule has 0 bridgehead atoms. The molecule has 0 amide bonds. The van der Waals surface area contributed by atoms with Gasteiger partial charge in [0, 0.05) is 9.52 Å². The molecule has 0 aliphatic rings. The molecule has 0 saturated heterocycles. The zero-order valence-electron chi connectivity index (χ0n) is 37.8. The summed E-state index contributed by atoms with van der Waals surface area (Å²) in [6.45, 7) is 24.8. The fourth-order valence-corrected chi connectivity index (χ4v) is 8.51. The molecule has 0 saturated carbocycles. The van der Waals surface area contributed by atoms with E-state index in [0.29, 0.717) is 5.92 Å². The van der Waals surface area contributed by atoms with Crippen molar-refractivity contribution in [1.82, 2.24) is 0 Å². The standard InChI is InChI=1S/C22H25.C20H21.C12H26Si.2ClH.Zr/c1-15(2)18-13-17-7-6-8-20(21(17)14-18)16-9-11-19(12-10-16)22(3,4)5;1-14-12-16-6-5-7-18(19(16)13-14)15-8-10-17(11-9-15)20(2,3)4;1-3-5-7-9-11-13-12-10-8-6-4-2;;;/h6-15H,1-5H3;5-13H,1-4H3;3-12H2,1-2H3;2*1H;/q2*-1;;;;+4/p-2. The molecule has 0 heterocycles. The number of hydrogen-bond donors (Lipinski definition) is 0. The van der Waals surface area contributed by atoms with Gasteiger partial charge in [0.2, 0.25) is 0 Å². The van der Waals surface area contributed by atoms with Crippen LogP contribution in [0.25, 0.3) is 43.8 Å². The van der Waals surface area contributed by atoms with Gasteiger partial charge in [0.15, 0.2) is 0 Å². The molecule has 4 heteroatoms. The Bertz CT molecular complexity index is 2010. The Balaban J connectivity index is 0.000000232. The molecule has 6 aromatic rings. The Morgan fingerprint density at radius 2 is 0.983 bits per heavy atom. The number of rotatable bonds is 13. The Kier molecular flexibility index (Phi) is 22.1. The molecule has 2 radical (unpaired) electrons. The molecule has 0 N–H and O–H groups in total. The Labute approximate surface area is 376 Å². The van der Waals surface area contributed by atoms with Crippen LogP contribution >= 0.6 is 17.0 Å². The van der Waals surface area contributed by atoms with Crippen molar-refractivity contribution < 1.29 is 20.8 Å². The predicted octanol–water partition coefficient (Wildman–Crippen LogP) is 18.5. The average molecular weight is 911 g/mol. The van der Waals surface area contributed by atoms with Crippen molar-refractivity contribution in [1.29, 1.82) is 0 Å². The van der Waals surface area contributed by atoms with Crippen LogP contribution in [0, 0.1) is 6.92 Å². The van der Waals surface area contributed by atoms with E-state index in [1.54, 1.807) is 0 Å². The molecular weight excluding hydrogens is 839 g/mol. The van der Waals surface area contributed by atoms with Gasteiger partial charge in [0.25, 0.3) is 0 Å². The molecule has 310 valence electrons. The second-order valence-electron chi connectivity index (χ2n) is 18.2. The second kappa shape index (κ2) is 25.5. The van der Waals surface area contributed by atoms with Crippen molar-refractivity contribution in [3.05, 3.63) is 131 Å². The SMILES string of the molecule is CC(C)c1cc2c(-c3ccc(C(C)(C)C)cc3)cccc2[cH-]1.CCCCCC[Si]CCCCCC.Cc1cc2c(-c3ccc(C(C)(C)C)cc3)cccc2[cH-]1.[Cl][Zr+2][Cl]. The fraction of sp³-hybridized carbons (Fsp3) is 0.444.